The van der Waals surface area contributed by atoms with E-state index in [0.29, 0.717) is 53.5 Å². The van der Waals surface area contributed by atoms with Crippen molar-refractivity contribution in [1.29, 1.82) is 0 Å². The first-order chi connectivity index (χ1) is 14.3. The zero-order valence-electron chi connectivity index (χ0n) is 16.6. The van der Waals surface area contributed by atoms with Crippen LogP contribution in [0, 0.1) is 13.8 Å². The van der Waals surface area contributed by atoms with Gasteiger partial charge in [0.25, 0.3) is 5.91 Å². The van der Waals surface area contributed by atoms with E-state index in [4.69, 9.17) is 20.8 Å². The Hall–Kier alpha value is -2.39. The molecule has 4 rings (SSSR count). The van der Waals surface area contributed by atoms with Crippen molar-refractivity contribution in [2.24, 2.45) is 0 Å². The van der Waals surface area contributed by atoms with Gasteiger partial charge in [0, 0.05) is 24.0 Å². The summed E-state index contributed by atoms with van der Waals surface area (Å²) >= 11 is 6.20. The van der Waals surface area contributed by atoms with Crippen LogP contribution in [-0.4, -0.2) is 44.9 Å². The number of furan rings is 1. The fourth-order valence-electron chi connectivity index (χ4n) is 3.47. The van der Waals surface area contributed by atoms with Gasteiger partial charge in [-0.25, -0.2) is 8.42 Å². The Morgan fingerprint density at radius 3 is 2.57 bits per heavy atom. The van der Waals surface area contributed by atoms with E-state index in [1.807, 2.05) is 13.0 Å². The predicted octanol–water partition coefficient (Wildman–Crippen LogP) is 3.98. The van der Waals surface area contributed by atoms with Gasteiger partial charge in [-0.05, 0) is 43.7 Å². The summed E-state index contributed by atoms with van der Waals surface area (Å²) in [6.45, 7) is 4.95. The summed E-state index contributed by atoms with van der Waals surface area (Å²) in [7, 11) is -3.65. The van der Waals surface area contributed by atoms with Crippen LogP contribution in [0.15, 0.2) is 45.7 Å². The third-order valence-electron chi connectivity index (χ3n) is 5.18. The Bertz CT molecular complexity index is 1210. The quantitative estimate of drug-likeness (QED) is 0.652. The first-order valence-corrected chi connectivity index (χ1v) is 11.3. The third-order valence-corrected chi connectivity index (χ3v) is 7.39. The molecule has 1 aliphatic rings. The molecule has 0 atom stereocenters. The molecule has 1 fully saturated rings. The van der Waals surface area contributed by atoms with E-state index >= 15 is 0 Å². The van der Waals surface area contributed by atoms with Crippen molar-refractivity contribution in [1.82, 2.24) is 4.31 Å². The topological polar surface area (TPSA) is 88.8 Å². The largest absolute Gasteiger partial charge is 0.451 e. The molecule has 1 aromatic heterocycles. The number of carbonyl (C=O) groups is 1. The fourth-order valence-corrected chi connectivity index (χ4v) is 5.18. The number of carbonyl (C=O) groups excluding carboxylic acids is 1. The minimum absolute atomic E-state index is 0.116. The molecule has 30 heavy (non-hydrogen) atoms. The van der Waals surface area contributed by atoms with E-state index in [1.165, 1.54) is 10.4 Å². The van der Waals surface area contributed by atoms with Crippen molar-refractivity contribution in [3.8, 4) is 0 Å². The second kappa shape index (κ2) is 8.03. The Morgan fingerprint density at radius 1 is 1.13 bits per heavy atom. The molecule has 158 valence electrons. The molecule has 0 spiro atoms. The molecule has 2 heterocycles. The van der Waals surface area contributed by atoms with Gasteiger partial charge in [-0.15, -0.1) is 0 Å². The highest BCUT2D eigenvalue weighted by Gasteiger charge is 2.28. The molecule has 9 heteroatoms. The number of hydrogen-bond acceptors (Lipinski definition) is 5. The van der Waals surface area contributed by atoms with E-state index in [0.717, 1.165) is 5.56 Å². The molecule has 2 aromatic carbocycles. The van der Waals surface area contributed by atoms with Gasteiger partial charge in [0.05, 0.1) is 28.8 Å². The van der Waals surface area contributed by atoms with Crippen molar-refractivity contribution < 1.29 is 22.4 Å². The van der Waals surface area contributed by atoms with Gasteiger partial charge in [-0.3, -0.25) is 4.79 Å². The predicted molar refractivity (Wildman–Crippen MR) is 115 cm³/mol. The molecule has 3 aromatic rings. The van der Waals surface area contributed by atoms with Crippen LogP contribution < -0.4 is 5.32 Å². The number of hydrogen-bond donors (Lipinski definition) is 1. The summed E-state index contributed by atoms with van der Waals surface area (Å²) in [5.41, 5.74) is 2.34. The fraction of sp³-hybridized carbons (Fsp3) is 0.286. The van der Waals surface area contributed by atoms with Gasteiger partial charge in [-0.1, -0.05) is 23.7 Å². The summed E-state index contributed by atoms with van der Waals surface area (Å²) in [4.78, 5) is 13.0. The van der Waals surface area contributed by atoms with E-state index in [9.17, 15) is 13.2 Å². The van der Waals surface area contributed by atoms with Gasteiger partial charge in [0.15, 0.2) is 5.76 Å². The number of ether oxygens (including phenoxy) is 1. The van der Waals surface area contributed by atoms with Crippen molar-refractivity contribution >= 4 is 44.2 Å². The normalized spacial score (nSPS) is 15.4. The molecule has 1 aliphatic heterocycles. The van der Waals surface area contributed by atoms with Gasteiger partial charge in [0.1, 0.15) is 5.58 Å². The average Bonchev–Trinajstić information content (AvgIpc) is 3.07. The minimum Gasteiger partial charge on any atom is -0.451 e. The highest BCUT2D eigenvalue weighted by Crippen LogP contribution is 2.31. The van der Waals surface area contributed by atoms with Crippen molar-refractivity contribution in [2.45, 2.75) is 18.7 Å². The van der Waals surface area contributed by atoms with Crippen molar-refractivity contribution in [2.75, 3.05) is 31.6 Å². The standard InChI is InChI=1S/C21H21ClN2O5S/c1-13-4-3-5-17(22)19(13)23-21(25)20-14(2)16-12-15(6-7-18(16)29-20)30(26,27)24-8-10-28-11-9-24/h3-7,12H,8-11H2,1-2H3,(H,23,25). The Labute approximate surface area is 179 Å². The van der Waals surface area contributed by atoms with Crippen LogP contribution in [0.3, 0.4) is 0 Å². The highest BCUT2D eigenvalue weighted by molar-refractivity contribution is 7.89. The molecule has 7 nitrogen and oxygen atoms in total. The van der Waals surface area contributed by atoms with Crippen LogP contribution in [0.25, 0.3) is 11.0 Å². The summed E-state index contributed by atoms with van der Waals surface area (Å²) in [6.07, 6.45) is 0. The van der Waals surface area contributed by atoms with E-state index in [1.54, 1.807) is 31.2 Å². The Kier molecular flexibility index (Phi) is 5.59. The monoisotopic (exact) mass is 448 g/mol. The lowest BCUT2D eigenvalue weighted by molar-refractivity contribution is 0.0730. The second-order valence-electron chi connectivity index (χ2n) is 7.12. The minimum atomic E-state index is -3.65. The highest BCUT2D eigenvalue weighted by atomic mass is 35.5. The molecule has 1 amide bonds. The van der Waals surface area contributed by atoms with Crippen molar-refractivity contribution in [3.63, 3.8) is 0 Å². The molecule has 0 saturated carbocycles. The van der Waals surface area contributed by atoms with Crippen LogP contribution >= 0.6 is 11.6 Å². The average molecular weight is 449 g/mol. The number of fused-ring (bicyclic) bond motifs is 1. The lowest BCUT2D eigenvalue weighted by atomic mass is 10.1. The Balaban J connectivity index is 1.68. The van der Waals surface area contributed by atoms with Crippen LogP contribution in [0.1, 0.15) is 21.7 Å². The number of rotatable bonds is 4. The van der Waals surface area contributed by atoms with Crippen LogP contribution in [0.4, 0.5) is 5.69 Å². The number of morpholine rings is 1. The number of amides is 1. The molecule has 1 saturated heterocycles. The zero-order chi connectivity index (χ0) is 21.5. The Morgan fingerprint density at radius 2 is 1.87 bits per heavy atom. The van der Waals surface area contributed by atoms with E-state index in [-0.39, 0.29) is 10.7 Å². The number of nitrogens with zero attached hydrogens (tertiary/aromatic N) is 1. The summed E-state index contributed by atoms with van der Waals surface area (Å²) in [5, 5.41) is 3.79. The number of sulfonamides is 1. The molecule has 1 N–H and O–H groups in total. The molecular weight excluding hydrogens is 428 g/mol. The molecule has 0 aliphatic carbocycles. The molecule has 0 bridgehead atoms. The van der Waals surface area contributed by atoms with Gasteiger partial charge in [-0.2, -0.15) is 4.31 Å². The summed E-state index contributed by atoms with van der Waals surface area (Å²) in [5.74, 6) is -0.331. The maximum absolute atomic E-state index is 12.9. The zero-order valence-corrected chi connectivity index (χ0v) is 18.1. The number of para-hydroxylation sites is 1. The number of halogens is 1. The first kappa shape index (κ1) is 20.9. The van der Waals surface area contributed by atoms with Gasteiger partial charge >= 0.3 is 0 Å². The van der Waals surface area contributed by atoms with E-state index < -0.39 is 15.9 Å². The van der Waals surface area contributed by atoms with Gasteiger partial charge in [0.2, 0.25) is 10.0 Å². The number of benzene rings is 2. The number of anilines is 1. The third kappa shape index (κ3) is 3.72. The van der Waals surface area contributed by atoms with E-state index in [2.05, 4.69) is 5.32 Å². The lowest BCUT2D eigenvalue weighted by Gasteiger charge is -2.26. The van der Waals surface area contributed by atoms with Gasteiger partial charge < -0.3 is 14.5 Å². The maximum Gasteiger partial charge on any atom is 0.291 e. The molecule has 0 radical (unpaired) electrons. The number of nitrogens with one attached hydrogen (secondary N) is 1. The summed E-state index contributed by atoms with van der Waals surface area (Å²) in [6, 6.07) is 9.96. The maximum atomic E-state index is 12.9. The lowest BCUT2D eigenvalue weighted by Crippen LogP contribution is -2.40. The van der Waals surface area contributed by atoms with Crippen LogP contribution in [-0.2, 0) is 14.8 Å². The summed E-state index contributed by atoms with van der Waals surface area (Å²) < 4.78 is 38.3. The molecule has 0 unspecified atom stereocenters. The SMILES string of the molecule is Cc1cccc(Cl)c1NC(=O)c1oc2ccc(S(=O)(=O)N3CCOCC3)cc2c1C. The first-order valence-electron chi connectivity index (χ1n) is 9.46. The van der Waals surface area contributed by atoms with Crippen molar-refractivity contribution in [3.05, 3.63) is 58.3 Å². The second-order valence-corrected chi connectivity index (χ2v) is 9.46. The van der Waals surface area contributed by atoms with Crippen LogP contribution in [0.2, 0.25) is 5.02 Å². The number of aryl methyl sites for hydroxylation is 2. The van der Waals surface area contributed by atoms with Crippen LogP contribution in [0.5, 0.6) is 0 Å². The molecular formula is C21H21ClN2O5S. The smallest absolute Gasteiger partial charge is 0.291 e.